The van der Waals surface area contributed by atoms with E-state index >= 15 is 8.78 Å². The number of hydrogen-bond donors (Lipinski definition) is 1. The number of halogens is 2. The van der Waals surface area contributed by atoms with Gasteiger partial charge in [-0.1, -0.05) is 36.8 Å². The van der Waals surface area contributed by atoms with E-state index in [0.717, 1.165) is 24.8 Å². The Hall–Kier alpha value is -1.46. The van der Waals surface area contributed by atoms with Gasteiger partial charge < -0.3 is 18.9 Å². The maximum absolute atomic E-state index is 15.5. The Kier molecular flexibility index (Phi) is 9.42. The van der Waals surface area contributed by atoms with E-state index in [9.17, 15) is 9.00 Å². The van der Waals surface area contributed by atoms with Gasteiger partial charge in [0.05, 0.1) is 35.6 Å². The van der Waals surface area contributed by atoms with Crippen molar-refractivity contribution in [3.8, 4) is 0 Å². The Morgan fingerprint density at radius 1 is 1.17 bits per heavy atom. The Labute approximate surface area is 208 Å². The average molecular weight is 518 g/mol. The standard InChI is InChI=1S/C25H37F2NO6S/c1-5-32-22(29)25(26,27)21(28-35(30)23(2,3)4)20-19(17-31-16-18-12-8-6-9-13-18)33-24(34-20)14-10-7-11-15-24/h6,8-9,12-13,19-21,28H,5,7,10-11,14-17H2,1-4H3. The molecule has 198 valence electrons. The molecular weight excluding hydrogens is 480 g/mol. The molecule has 3 rings (SSSR count). The highest BCUT2D eigenvalue weighted by Crippen LogP contribution is 2.43. The monoisotopic (exact) mass is 517 g/mol. The highest BCUT2D eigenvalue weighted by Gasteiger charge is 2.60. The average Bonchev–Trinajstić information content (AvgIpc) is 3.14. The van der Waals surface area contributed by atoms with Gasteiger partial charge in [0.25, 0.3) is 0 Å². The SMILES string of the molecule is CCOC(=O)C(F)(F)C(NS(=O)C(C)(C)C)C1OC2(CCCCC2)OC1COCc1ccccc1. The van der Waals surface area contributed by atoms with Crippen molar-refractivity contribution in [2.45, 2.75) is 101 Å². The minimum Gasteiger partial charge on any atom is -0.462 e. The van der Waals surface area contributed by atoms with Crippen molar-refractivity contribution >= 4 is 17.0 Å². The quantitative estimate of drug-likeness (QED) is 0.467. The second kappa shape index (κ2) is 11.7. The highest BCUT2D eigenvalue weighted by molar-refractivity contribution is 7.84. The van der Waals surface area contributed by atoms with Crippen molar-refractivity contribution in [2.24, 2.45) is 0 Å². The Morgan fingerprint density at radius 3 is 2.43 bits per heavy atom. The minimum absolute atomic E-state index is 0.0272. The fourth-order valence-corrected chi connectivity index (χ4v) is 5.16. The lowest BCUT2D eigenvalue weighted by atomic mass is 9.94. The molecule has 0 amide bonds. The van der Waals surface area contributed by atoms with Crippen molar-refractivity contribution in [3.05, 3.63) is 35.9 Å². The number of rotatable bonds is 10. The van der Waals surface area contributed by atoms with Gasteiger partial charge >= 0.3 is 11.9 Å². The highest BCUT2D eigenvalue weighted by atomic mass is 32.2. The summed E-state index contributed by atoms with van der Waals surface area (Å²) in [5, 5.41) is 0. The third-order valence-corrected chi connectivity index (χ3v) is 7.73. The van der Waals surface area contributed by atoms with Crippen LogP contribution in [0, 0.1) is 0 Å². The Balaban J connectivity index is 1.88. The molecule has 35 heavy (non-hydrogen) atoms. The summed E-state index contributed by atoms with van der Waals surface area (Å²) in [7, 11) is -1.91. The molecule has 7 nitrogen and oxygen atoms in total. The van der Waals surface area contributed by atoms with Crippen molar-refractivity contribution in [1.82, 2.24) is 4.72 Å². The predicted octanol–water partition coefficient (Wildman–Crippen LogP) is 4.27. The van der Waals surface area contributed by atoms with Crippen molar-refractivity contribution in [2.75, 3.05) is 13.2 Å². The van der Waals surface area contributed by atoms with Crippen molar-refractivity contribution in [3.63, 3.8) is 0 Å². The van der Waals surface area contributed by atoms with E-state index < -0.39 is 51.7 Å². The van der Waals surface area contributed by atoms with Gasteiger partial charge in [0.2, 0.25) is 0 Å². The van der Waals surface area contributed by atoms with Crippen molar-refractivity contribution < 1.29 is 36.7 Å². The third-order valence-electron chi connectivity index (χ3n) is 6.15. The molecular formula is C25H37F2NO6S. The first kappa shape index (κ1) is 28.1. The summed E-state index contributed by atoms with van der Waals surface area (Å²) in [4.78, 5) is 12.3. The number of hydrogen-bond acceptors (Lipinski definition) is 6. The number of nitrogens with one attached hydrogen (secondary N) is 1. The van der Waals surface area contributed by atoms with Gasteiger partial charge in [0, 0.05) is 12.8 Å². The van der Waals surface area contributed by atoms with E-state index in [1.807, 2.05) is 30.3 Å². The molecule has 10 heteroatoms. The molecule has 1 aromatic rings. The second-order valence-corrected chi connectivity index (χ2v) is 12.0. The molecule has 1 aliphatic heterocycles. The molecule has 0 radical (unpaired) electrons. The van der Waals surface area contributed by atoms with Crippen LogP contribution < -0.4 is 4.72 Å². The van der Waals surface area contributed by atoms with E-state index in [1.165, 1.54) is 6.92 Å². The molecule has 1 aromatic carbocycles. The zero-order valence-corrected chi connectivity index (χ0v) is 21.7. The minimum atomic E-state index is -4.01. The summed E-state index contributed by atoms with van der Waals surface area (Å²) in [6.07, 6.45) is 1.61. The maximum atomic E-state index is 15.5. The molecule has 2 aliphatic rings. The van der Waals surface area contributed by atoms with Crippen LogP contribution in [0.2, 0.25) is 0 Å². The normalized spacial score (nSPS) is 24.3. The first-order valence-corrected chi connectivity index (χ1v) is 13.3. The van der Waals surface area contributed by atoms with Crippen LogP contribution in [0.1, 0.15) is 65.4 Å². The van der Waals surface area contributed by atoms with Crippen LogP contribution in [0.15, 0.2) is 30.3 Å². The number of alkyl halides is 2. The van der Waals surface area contributed by atoms with E-state index in [2.05, 4.69) is 9.46 Å². The molecule has 1 N–H and O–H groups in total. The number of benzene rings is 1. The lowest BCUT2D eigenvalue weighted by molar-refractivity contribution is -0.207. The van der Waals surface area contributed by atoms with Gasteiger partial charge in [0.1, 0.15) is 18.2 Å². The van der Waals surface area contributed by atoms with E-state index in [-0.39, 0.29) is 19.8 Å². The summed E-state index contributed by atoms with van der Waals surface area (Å²) < 4.78 is 68.6. The molecule has 2 fully saturated rings. The summed E-state index contributed by atoms with van der Waals surface area (Å²) >= 11 is 0. The van der Waals surface area contributed by atoms with Gasteiger partial charge in [-0.25, -0.2) is 13.7 Å². The summed E-state index contributed by atoms with van der Waals surface area (Å²) in [5.41, 5.74) is 0.927. The zero-order valence-electron chi connectivity index (χ0n) is 20.9. The molecule has 1 saturated heterocycles. The van der Waals surface area contributed by atoms with Crippen LogP contribution in [0.4, 0.5) is 8.78 Å². The largest absolute Gasteiger partial charge is 0.462 e. The number of esters is 1. The molecule has 1 heterocycles. The van der Waals surface area contributed by atoms with Crippen LogP contribution in [-0.4, -0.2) is 58.1 Å². The number of carbonyl (C=O) groups is 1. The van der Waals surface area contributed by atoms with Gasteiger partial charge in [-0.2, -0.15) is 8.78 Å². The predicted molar refractivity (Wildman–Crippen MR) is 128 cm³/mol. The summed E-state index contributed by atoms with van der Waals surface area (Å²) in [5.74, 6) is -6.74. The summed E-state index contributed by atoms with van der Waals surface area (Å²) in [6, 6.07) is 7.53. The van der Waals surface area contributed by atoms with Crippen LogP contribution in [-0.2, 0) is 41.3 Å². The number of ether oxygens (including phenoxy) is 4. The molecule has 4 unspecified atom stereocenters. The van der Waals surface area contributed by atoms with E-state index in [4.69, 9.17) is 14.2 Å². The van der Waals surface area contributed by atoms with Crippen molar-refractivity contribution in [1.29, 1.82) is 0 Å². The van der Waals surface area contributed by atoms with Gasteiger partial charge in [-0.05, 0) is 46.1 Å². The summed E-state index contributed by atoms with van der Waals surface area (Å²) in [6.45, 7) is 6.46. The van der Waals surface area contributed by atoms with Crippen LogP contribution in [0.5, 0.6) is 0 Å². The Morgan fingerprint density at radius 2 is 1.83 bits per heavy atom. The molecule has 0 aromatic heterocycles. The third kappa shape index (κ3) is 7.07. The van der Waals surface area contributed by atoms with Crippen LogP contribution in [0.25, 0.3) is 0 Å². The fourth-order valence-electron chi connectivity index (χ4n) is 4.29. The first-order chi connectivity index (χ1) is 16.5. The molecule has 1 saturated carbocycles. The molecule has 4 atom stereocenters. The smallest absolute Gasteiger partial charge is 0.378 e. The Bertz CT molecular complexity index is 857. The second-order valence-electron chi connectivity index (χ2n) is 10.0. The lowest BCUT2D eigenvalue weighted by Crippen LogP contribution is -2.61. The lowest BCUT2D eigenvalue weighted by Gasteiger charge is -2.35. The van der Waals surface area contributed by atoms with Gasteiger partial charge in [-0.15, -0.1) is 0 Å². The topological polar surface area (TPSA) is 83.1 Å². The maximum Gasteiger partial charge on any atom is 0.378 e. The van der Waals surface area contributed by atoms with Gasteiger partial charge in [0.15, 0.2) is 5.79 Å². The van der Waals surface area contributed by atoms with Crippen LogP contribution in [0.3, 0.4) is 0 Å². The molecule has 0 bridgehead atoms. The van der Waals surface area contributed by atoms with Gasteiger partial charge in [-0.3, -0.25) is 0 Å². The van der Waals surface area contributed by atoms with E-state index in [0.29, 0.717) is 12.8 Å². The number of carbonyl (C=O) groups excluding carboxylic acids is 1. The van der Waals surface area contributed by atoms with Crippen LogP contribution >= 0.6 is 0 Å². The van der Waals surface area contributed by atoms with E-state index in [1.54, 1.807) is 20.8 Å². The molecule has 1 spiro atoms. The zero-order chi connectivity index (χ0) is 25.7. The first-order valence-electron chi connectivity index (χ1n) is 12.2. The molecule has 1 aliphatic carbocycles. The fraction of sp³-hybridized carbons (Fsp3) is 0.720.